The summed E-state index contributed by atoms with van der Waals surface area (Å²) in [4.78, 5) is 31.3. The van der Waals surface area contributed by atoms with Crippen molar-refractivity contribution in [1.82, 2.24) is 14.1 Å². The Morgan fingerprint density at radius 3 is 2.16 bits per heavy atom. The summed E-state index contributed by atoms with van der Waals surface area (Å²) in [5.41, 5.74) is 1.91. The largest absolute Gasteiger partial charge is 0.345 e. The zero-order chi connectivity index (χ0) is 27.5. The van der Waals surface area contributed by atoms with Crippen LogP contribution in [0.4, 0.5) is 5.00 Å². The van der Waals surface area contributed by atoms with E-state index in [1.54, 1.807) is 14.1 Å². The predicted molar refractivity (Wildman–Crippen MR) is 150 cm³/mol. The number of benzene rings is 1. The van der Waals surface area contributed by atoms with E-state index in [1.807, 2.05) is 27.7 Å². The number of anilines is 1. The minimum absolute atomic E-state index is 0.130. The van der Waals surface area contributed by atoms with Gasteiger partial charge in [0.15, 0.2) is 0 Å². The molecule has 1 aliphatic heterocycles. The molecule has 0 saturated heterocycles. The summed E-state index contributed by atoms with van der Waals surface area (Å²) in [6.45, 7) is 13.5. The van der Waals surface area contributed by atoms with Crippen molar-refractivity contribution in [2.75, 3.05) is 45.6 Å². The molecule has 2 aromatic rings. The molecule has 0 atom stereocenters. The maximum Gasteiger partial charge on any atom is 0.256 e. The number of likely N-dealkylation sites (N-methyl/N-ethyl adjacent to an activating group) is 1. The van der Waals surface area contributed by atoms with E-state index >= 15 is 0 Å². The Hall–Kier alpha value is -2.27. The van der Waals surface area contributed by atoms with Gasteiger partial charge in [-0.25, -0.2) is 8.42 Å². The molecule has 3 rings (SSSR count). The van der Waals surface area contributed by atoms with Gasteiger partial charge in [0.1, 0.15) is 5.00 Å². The van der Waals surface area contributed by atoms with Crippen molar-refractivity contribution in [1.29, 1.82) is 0 Å². The Kier molecular flexibility index (Phi) is 9.55. The molecule has 37 heavy (non-hydrogen) atoms. The molecule has 10 heteroatoms. The first kappa shape index (κ1) is 29.3. The van der Waals surface area contributed by atoms with Crippen LogP contribution in [0.3, 0.4) is 0 Å². The molecule has 204 valence electrons. The third-order valence-corrected chi connectivity index (χ3v) is 9.30. The Labute approximate surface area is 225 Å². The van der Waals surface area contributed by atoms with E-state index in [-0.39, 0.29) is 28.5 Å². The molecular weight excluding hydrogens is 508 g/mol. The lowest BCUT2D eigenvalue weighted by Gasteiger charge is -2.25. The van der Waals surface area contributed by atoms with E-state index in [1.165, 1.54) is 44.8 Å². The van der Waals surface area contributed by atoms with Crippen molar-refractivity contribution in [3.8, 4) is 0 Å². The van der Waals surface area contributed by atoms with Gasteiger partial charge >= 0.3 is 0 Å². The number of hydrogen-bond donors (Lipinski definition) is 1. The highest BCUT2D eigenvalue weighted by Crippen LogP contribution is 2.38. The monoisotopic (exact) mass is 548 g/mol. The van der Waals surface area contributed by atoms with Crippen molar-refractivity contribution in [3.63, 3.8) is 0 Å². The van der Waals surface area contributed by atoms with Gasteiger partial charge in [0, 0.05) is 50.7 Å². The molecule has 1 aliphatic rings. The average molecular weight is 549 g/mol. The molecule has 0 spiro atoms. The smallest absolute Gasteiger partial charge is 0.256 e. The van der Waals surface area contributed by atoms with Crippen LogP contribution in [0.2, 0.25) is 0 Å². The van der Waals surface area contributed by atoms with Gasteiger partial charge in [-0.2, -0.15) is 4.31 Å². The molecule has 0 unspecified atom stereocenters. The second-order valence-electron chi connectivity index (χ2n) is 10.6. The van der Waals surface area contributed by atoms with Crippen molar-refractivity contribution in [3.05, 3.63) is 45.8 Å². The maximum absolute atomic E-state index is 13.3. The highest BCUT2D eigenvalue weighted by atomic mass is 32.2. The number of amides is 2. The van der Waals surface area contributed by atoms with Crippen LogP contribution < -0.4 is 5.32 Å². The van der Waals surface area contributed by atoms with Crippen LogP contribution in [0.15, 0.2) is 29.2 Å². The molecule has 2 heterocycles. The molecule has 1 aromatic heterocycles. The normalized spacial score (nSPS) is 14.3. The Morgan fingerprint density at radius 1 is 1.05 bits per heavy atom. The third-order valence-electron chi connectivity index (χ3n) is 6.32. The van der Waals surface area contributed by atoms with E-state index < -0.39 is 10.0 Å². The molecule has 8 nitrogen and oxygen atoms in total. The number of carbonyl (C=O) groups excluding carboxylic acids is 2. The summed E-state index contributed by atoms with van der Waals surface area (Å²) in [5, 5.41) is 3.48. The summed E-state index contributed by atoms with van der Waals surface area (Å²) >= 11 is 1.45. The fourth-order valence-electron chi connectivity index (χ4n) is 4.45. The zero-order valence-electron chi connectivity index (χ0n) is 23.0. The molecule has 1 N–H and O–H groups in total. The SMILES string of the molecule is CCN1CCc2c(sc(NC(=O)c3ccc(S(=O)(=O)N(CC(C)C)CC(C)C)cc3)c2C(=O)N(C)C)C1. The van der Waals surface area contributed by atoms with Gasteiger partial charge in [-0.15, -0.1) is 11.3 Å². The summed E-state index contributed by atoms with van der Waals surface area (Å²) < 4.78 is 28.1. The molecule has 0 fully saturated rings. The van der Waals surface area contributed by atoms with Crippen LogP contribution in [-0.4, -0.2) is 74.6 Å². The topological polar surface area (TPSA) is 90.0 Å². The molecule has 0 bridgehead atoms. The number of thiophene rings is 1. The Bertz CT molecular complexity index is 1210. The Morgan fingerprint density at radius 2 is 1.65 bits per heavy atom. The van der Waals surface area contributed by atoms with Crippen LogP contribution in [0.25, 0.3) is 0 Å². The number of hydrogen-bond acceptors (Lipinski definition) is 6. The lowest BCUT2D eigenvalue weighted by atomic mass is 10.0. The molecule has 1 aromatic carbocycles. The van der Waals surface area contributed by atoms with Crippen LogP contribution in [0.5, 0.6) is 0 Å². The van der Waals surface area contributed by atoms with Gasteiger partial charge in [0.05, 0.1) is 10.5 Å². The van der Waals surface area contributed by atoms with E-state index in [4.69, 9.17) is 0 Å². The summed E-state index contributed by atoms with van der Waals surface area (Å²) in [7, 11) is -0.264. The van der Waals surface area contributed by atoms with Gasteiger partial charge in [-0.3, -0.25) is 14.5 Å². The van der Waals surface area contributed by atoms with Crippen molar-refractivity contribution >= 4 is 38.2 Å². The van der Waals surface area contributed by atoms with E-state index in [9.17, 15) is 18.0 Å². The molecule has 2 amide bonds. The predicted octanol–water partition coefficient (Wildman–Crippen LogP) is 4.38. The second kappa shape index (κ2) is 12.1. The van der Waals surface area contributed by atoms with Gasteiger partial charge in [0.25, 0.3) is 11.8 Å². The number of nitrogens with zero attached hydrogens (tertiary/aromatic N) is 3. The first-order valence-corrected chi connectivity index (χ1v) is 15.1. The minimum atomic E-state index is -3.68. The van der Waals surface area contributed by atoms with E-state index in [0.717, 1.165) is 36.5 Å². The molecular formula is C27H40N4O4S2. The average Bonchev–Trinajstić information content (AvgIpc) is 3.19. The maximum atomic E-state index is 13.3. The number of sulfonamides is 1. The number of carbonyl (C=O) groups is 2. The first-order chi connectivity index (χ1) is 17.3. The highest BCUT2D eigenvalue weighted by molar-refractivity contribution is 7.89. The molecule has 0 aliphatic carbocycles. The lowest BCUT2D eigenvalue weighted by molar-refractivity contribution is 0.0827. The quantitative estimate of drug-likeness (QED) is 0.476. The van der Waals surface area contributed by atoms with Crippen LogP contribution in [0.1, 0.15) is 65.8 Å². The summed E-state index contributed by atoms with van der Waals surface area (Å²) in [6, 6.07) is 6.04. The first-order valence-electron chi connectivity index (χ1n) is 12.8. The molecule has 0 saturated carbocycles. The summed E-state index contributed by atoms with van der Waals surface area (Å²) in [5.74, 6) is -0.115. The number of nitrogens with one attached hydrogen (secondary N) is 1. The fraction of sp³-hybridized carbons (Fsp3) is 0.556. The van der Waals surface area contributed by atoms with E-state index in [2.05, 4.69) is 17.1 Å². The second-order valence-corrected chi connectivity index (χ2v) is 13.7. The third kappa shape index (κ3) is 6.79. The number of fused-ring (bicyclic) bond motifs is 1. The van der Waals surface area contributed by atoms with Gasteiger partial charge in [-0.05, 0) is 54.6 Å². The fourth-order valence-corrected chi connectivity index (χ4v) is 7.50. The Balaban J connectivity index is 1.86. The van der Waals surface area contributed by atoms with Crippen LogP contribution in [0, 0.1) is 11.8 Å². The van der Waals surface area contributed by atoms with Gasteiger partial charge in [-0.1, -0.05) is 34.6 Å². The van der Waals surface area contributed by atoms with Crippen molar-refractivity contribution in [2.45, 2.75) is 52.5 Å². The standard InChI is InChI=1S/C27H40N4O4S2/c1-8-30-14-13-22-23(17-30)36-26(24(22)27(33)29(6)7)28-25(32)20-9-11-21(12-10-20)37(34,35)31(15-18(2)3)16-19(4)5/h9-12,18-19H,8,13-17H2,1-7H3,(H,28,32). The zero-order valence-corrected chi connectivity index (χ0v) is 24.6. The molecule has 0 radical (unpaired) electrons. The van der Waals surface area contributed by atoms with E-state index in [0.29, 0.717) is 29.2 Å². The van der Waals surface area contributed by atoms with Crippen molar-refractivity contribution < 1.29 is 18.0 Å². The number of rotatable bonds is 10. The van der Waals surface area contributed by atoms with Crippen LogP contribution in [-0.2, 0) is 23.0 Å². The van der Waals surface area contributed by atoms with Crippen LogP contribution >= 0.6 is 11.3 Å². The lowest BCUT2D eigenvalue weighted by Crippen LogP contribution is -2.37. The highest BCUT2D eigenvalue weighted by Gasteiger charge is 2.30. The summed E-state index contributed by atoms with van der Waals surface area (Å²) in [6.07, 6.45) is 0.764. The van der Waals surface area contributed by atoms with Crippen molar-refractivity contribution in [2.24, 2.45) is 11.8 Å². The van der Waals surface area contributed by atoms with Gasteiger partial charge < -0.3 is 10.2 Å². The minimum Gasteiger partial charge on any atom is -0.345 e. The van der Waals surface area contributed by atoms with Gasteiger partial charge in [0.2, 0.25) is 10.0 Å².